The maximum atomic E-state index is 14.6. The minimum atomic E-state index is -0.780. The molecule has 1 fully saturated rings. The fourth-order valence-corrected chi connectivity index (χ4v) is 4.89. The van der Waals surface area contributed by atoms with Crippen molar-refractivity contribution in [1.82, 2.24) is 4.98 Å². The van der Waals surface area contributed by atoms with Crippen molar-refractivity contribution in [3.8, 4) is 17.7 Å². The van der Waals surface area contributed by atoms with E-state index in [0.717, 1.165) is 17.0 Å². The van der Waals surface area contributed by atoms with E-state index in [1.54, 1.807) is 12.1 Å². The van der Waals surface area contributed by atoms with E-state index in [0.29, 0.717) is 37.6 Å². The second-order valence-corrected chi connectivity index (χ2v) is 9.15. The molecule has 1 amide bonds. The number of rotatable bonds is 6. The number of carbonyl (C=O) groups is 1. The molecule has 0 aliphatic carbocycles. The summed E-state index contributed by atoms with van der Waals surface area (Å²) in [6.07, 6.45) is 2.45. The van der Waals surface area contributed by atoms with E-state index in [2.05, 4.69) is 4.98 Å². The van der Waals surface area contributed by atoms with Crippen molar-refractivity contribution in [2.45, 2.75) is 19.4 Å². The fourth-order valence-electron chi connectivity index (χ4n) is 4.20. The maximum absolute atomic E-state index is 14.6. The number of amides is 1. The van der Waals surface area contributed by atoms with Gasteiger partial charge in [0.2, 0.25) is 17.5 Å². The molecule has 10 heteroatoms. The van der Waals surface area contributed by atoms with Crippen molar-refractivity contribution < 1.29 is 22.4 Å². The van der Waals surface area contributed by atoms with Crippen LogP contribution >= 0.6 is 11.3 Å². The Bertz CT molecular complexity index is 1350. The summed E-state index contributed by atoms with van der Waals surface area (Å²) < 4.78 is 39.3. The van der Waals surface area contributed by atoms with Gasteiger partial charge in [-0.05, 0) is 48.6 Å². The van der Waals surface area contributed by atoms with Gasteiger partial charge in [0.25, 0.3) is 5.89 Å². The van der Waals surface area contributed by atoms with Crippen molar-refractivity contribution in [1.29, 1.82) is 5.26 Å². The first-order valence-electron chi connectivity index (χ1n) is 11.0. The SMILES string of the molecule is N#Cc1nc(-c2ccco2)oc1N1CCC(C(=O)N(Cc2cccs2)c2ccc(F)cc2F)CC1. The van der Waals surface area contributed by atoms with Crippen LogP contribution in [-0.2, 0) is 11.3 Å². The zero-order valence-corrected chi connectivity index (χ0v) is 19.3. The Kier molecular flexibility index (Phi) is 6.33. The molecule has 178 valence electrons. The lowest BCUT2D eigenvalue weighted by Gasteiger charge is -2.34. The Hall–Kier alpha value is -3.97. The number of benzene rings is 1. The highest BCUT2D eigenvalue weighted by Gasteiger charge is 2.33. The second-order valence-electron chi connectivity index (χ2n) is 8.12. The third-order valence-electron chi connectivity index (χ3n) is 5.94. The average molecular weight is 495 g/mol. The number of nitriles is 1. The van der Waals surface area contributed by atoms with Gasteiger partial charge in [-0.15, -0.1) is 11.3 Å². The van der Waals surface area contributed by atoms with Crippen molar-refractivity contribution in [3.63, 3.8) is 0 Å². The van der Waals surface area contributed by atoms with Crippen LogP contribution < -0.4 is 9.80 Å². The molecule has 0 saturated carbocycles. The third kappa shape index (κ3) is 4.68. The molecule has 0 radical (unpaired) electrons. The number of hydrogen-bond acceptors (Lipinski definition) is 7. The summed E-state index contributed by atoms with van der Waals surface area (Å²) in [6, 6.07) is 12.4. The quantitative estimate of drug-likeness (QED) is 0.347. The highest BCUT2D eigenvalue weighted by molar-refractivity contribution is 7.09. The third-order valence-corrected chi connectivity index (χ3v) is 6.80. The number of hydrogen-bond donors (Lipinski definition) is 0. The lowest BCUT2D eigenvalue weighted by molar-refractivity contribution is -0.123. The zero-order chi connectivity index (χ0) is 24.4. The lowest BCUT2D eigenvalue weighted by atomic mass is 9.94. The first-order valence-corrected chi connectivity index (χ1v) is 11.9. The predicted octanol–water partition coefficient (Wildman–Crippen LogP) is 5.60. The van der Waals surface area contributed by atoms with Crippen LogP contribution in [0.15, 0.2) is 62.9 Å². The number of anilines is 2. The monoisotopic (exact) mass is 494 g/mol. The number of halogens is 2. The largest absolute Gasteiger partial charge is 0.459 e. The minimum Gasteiger partial charge on any atom is -0.459 e. The van der Waals surface area contributed by atoms with Crippen LogP contribution in [0.2, 0.25) is 0 Å². The molecule has 0 unspecified atom stereocenters. The van der Waals surface area contributed by atoms with Gasteiger partial charge in [0.1, 0.15) is 17.7 Å². The molecule has 5 rings (SSSR count). The Morgan fingerprint density at radius 3 is 2.71 bits per heavy atom. The average Bonchev–Trinajstić information content (AvgIpc) is 3.64. The van der Waals surface area contributed by atoms with Crippen molar-refractivity contribution >= 4 is 28.8 Å². The molecule has 0 spiro atoms. The minimum absolute atomic E-state index is 0.0531. The molecular formula is C25H20F2N4O3S. The van der Waals surface area contributed by atoms with E-state index in [9.17, 15) is 18.8 Å². The van der Waals surface area contributed by atoms with Gasteiger partial charge in [-0.25, -0.2) is 8.78 Å². The molecule has 3 aromatic heterocycles. The molecular weight excluding hydrogens is 474 g/mol. The van der Waals surface area contributed by atoms with E-state index < -0.39 is 11.6 Å². The van der Waals surface area contributed by atoms with Crippen LogP contribution in [0.25, 0.3) is 11.7 Å². The molecule has 35 heavy (non-hydrogen) atoms. The zero-order valence-electron chi connectivity index (χ0n) is 18.5. The van der Waals surface area contributed by atoms with Crippen molar-refractivity contribution in [3.05, 3.63) is 76.3 Å². The van der Waals surface area contributed by atoms with Crippen LogP contribution in [-0.4, -0.2) is 24.0 Å². The van der Waals surface area contributed by atoms with Gasteiger partial charge in [-0.2, -0.15) is 10.2 Å². The molecule has 1 aliphatic rings. The van der Waals surface area contributed by atoms with Gasteiger partial charge in [0.15, 0.2) is 5.76 Å². The van der Waals surface area contributed by atoms with Crippen molar-refractivity contribution in [2.75, 3.05) is 22.9 Å². The topological polar surface area (TPSA) is 86.5 Å². The van der Waals surface area contributed by atoms with Crippen LogP contribution in [0.3, 0.4) is 0 Å². The van der Waals surface area contributed by atoms with E-state index in [-0.39, 0.29) is 35.6 Å². The lowest BCUT2D eigenvalue weighted by Crippen LogP contribution is -2.43. The smallest absolute Gasteiger partial charge is 0.266 e. The summed E-state index contributed by atoms with van der Waals surface area (Å²) in [5.41, 5.74) is 0.200. The number of furan rings is 1. The Morgan fingerprint density at radius 2 is 2.06 bits per heavy atom. The van der Waals surface area contributed by atoms with Crippen LogP contribution in [0.1, 0.15) is 23.4 Å². The summed E-state index contributed by atoms with van der Waals surface area (Å²) in [5.74, 6) is -1.09. The fraction of sp³-hybridized carbons (Fsp3) is 0.240. The van der Waals surface area contributed by atoms with E-state index in [1.165, 1.54) is 28.6 Å². The second kappa shape index (κ2) is 9.72. The predicted molar refractivity (Wildman–Crippen MR) is 126 cm³/mol. The Labute approximate surface area is 203 Å². The number of carbonyl (C=O) groups excluding carboxylic acids is 1. The molecule has 7 nitrogen and oxygen atoms in total. The van der Waals surface area contributed by atoms with Gasteiger partial charge >= 0.3 is 0 Å². The Morgan fingerprint density at radius 1 is 1.23 bits per heavy atom. The normalized spacial score (nSPS) is 14.1. The molecule has 0 N–H and O–H groups in total. The summed E-state index contributed by atoms with van der Waals surface area (Å²) in [5, 5.41) is 11.4. The highest BCUT2D eigenvalue weighted by Crippen LogP contribution is 2.33. The molecule has 1 aromatic carbocycles. The van der Waals surface area contributed by atoms with Gasteiger partial charge in [-0.1, -0.05) is 6.07 Å². The van der Waals surface area contributed by atoms with E-state index in [4.69, 9.17) is 8.83 Å². The molecule has 0 atom stereocenters. The first-order chi connectivity index (χ1) is 17.0. The summed E-state index contributed by atoms with van der Waals surface area (Å²) in [4.78, 5) is 21.9. The first kappa shape index (κ1) is 22.8. The molecule has 1 aliphatic heterocycles. The molecule has 4 heterocycles. The molecule has 0 bridgehead atoms. The van der Waals surface area contributed by atoms with Crippen LogP contribution in [0.5, 0.6) is 0 Å². The molecule has 4 aromatic rings. The number of oxazole rings is 1. The van der Waals surface area contributed by atoms with Crippen LogP contribution in [0, 0.1) is 28.9 Å². The standard InChI is InChI=1S/C25H20F2N4O3S/c26-17-5-6-21(19(27)13-17)31(15-18-3-2-12-35-18)24(32)16-7-9-30(10-8-16)25-20(14-28)29-23(34-25)22-4-1-11-33-22/h1-6,11-13,16H,7-10,15H2. The van der Waals surface area contributed by atoms with Gasteiger partial charge in [-0.3, -0.25) is 4.79 Å². The summed E-state index contributed by atoms with van der Waals surface area (Å²) >= 11 is 1.47. The van der Waals surface area contributed by atoms with Crippen molar-refractivity contribution in [2.24, 2.45) is 5.92 Å². The number of nitrogens with zero attached hydrogens (tertiary/aromatic N) is 4. The van der Waals surface area contributed by atoms with Gasteiger partial charge < -0.3 is 18.6 Å². The maximum Gasteiger partial charge on any atom is 0.266 e. The number of thiophene rings is 1. The number of aromatic nitrogens is 1. The summed E-state index contributed by atoms with van der Waals surface area (Å²) in [7, 11) is 0. The van der Waals surface area contributed by atoms with Gasteiger partial charge in [0.05, 0.1) is 18.5 Å². The molecule has 1 saturated heterocycles. The number of piperidine rings is 1. The van der Waals surface area contributed by atoms with E-state index >= 15 is 0 Å². The van der Waals surface area contributed by atoms with E-state index in [1.807, 2.05) is 28.5 Å². The Balaban J connectivity index is 1.34. The highest BCUT2D eigenvalue weighted by atomic mass is 32.1. The van der Waals surface area contributed by atoms with Crippen LogP contribution in [0.4, 0.5) is 20.4 Å². The van der Waals surface area contributed by atoms with Gasteiger partial charge in [0, 0.05) is 30.0 Å². The summed E-state index contributed by atoms with van der Waals surface area (Å²) in [6.45, 7) is 1.11.